The Morgan fingerprint density at radius 3 is 2.78 bits per heavy atom. The topological polar surface area (TPSA) is 56.9 Å². The Balaban J connectivity index is 2.19. The Labute approximate surface area is 107 Å². The number of fused-ring (bicyclic) bond motifs is 1. The number of urea groups is 1. The summed E-state index contributed by atoms with van der Waals surface area (Å²) in [6.07, 6.45) is 0. The molecule has 1 aromatic carbocycles. The van der Waals surface area contributed by atoms with E-state index in [0.29, 0.717) is 12.5 Å². The Morgan fingerprint density at radius 1 is 1.33 bits per heavy atom. The fourth-order valence-corrected chi connectivity index (χ4v) is 1.92. The molecule has 2 rings (SSSR count). The highest BCUT2D eigenvalue weighted by Gasteiger charge is 2.05. The summed E-state index contributed by atoms with van der Waals surface area (Å²) in [5.41, 5.74) is 3.44. The van der Waals surface area contributed by atoms with E-state index in [1.807, 2.05) is 0 Å². The molecule has 4 nitrogen and oxygen atoms in total. The zero-order chi connectivity index (χ0) is 13.1. The number of carbonyl (C=O) groups excluding carboxylic acids is 1. The predicted molar refractivity (Wildman–Crippen MR) is 73.7 cm³/mol. The van der Waals surface area contributed by atoms with Crippen LogP contribution in [0.25, 0.3) is 10.9 Å². The van der Waals surface area contributed by atoms with Gasteiger partial charge in [-0.1, -0.05) is 26.0 Å². The quantitative estimate of drug-likeness (QED) is 0.765. The summed E-state index contributed by atoms with van der Waals surface area (Å²) in [6, 6.07) is 8.33. The van der Waals surface area contributed by atoms with Crippen LogP contribution in [0.5, 0.6) is 0 Å². The summed E-state index contributed by atoms with van der Waals surface area (Å²) in [5.74, 6) is 0.519. The lowest BCUT2D eigenvalue weighted by Crippen LogP contribution is -2.32. The number of hydrogen-bond acceptors (Lipinski definition) is 1. The molecule has 0 atom stereocenters. The SMILES string of the molecule is CNC(=O)NCc1cc2ccc(C(C)C)cc2[nH]1. The number of benzene rings is 1. The second-order valence-electron chi connectivity index (χ2n) is 4.73. The highest BCUT2D eigenvalue weighted by molar-refractivity contribution is 5.81. The minimum Gasteiger partial charge on any atom is -0.357 e. The van der Waals surface area contributed by atoms with Crippen molar-refractivity contribution in [3.05, 3.63) is 35.5 Å². The Bertz CT molecular complexity index is 557. The first-order chi connectivity index (χ1) is 8.60. The van der Waals surface area contributed by atoms with Crippen LogP contribution in [-0.4, -0.2) is 18.1 Å². The fourth-order valence-electron chi connectivity index (χ4n) is 1.92. The summed E-state index contributed by atoms with van der Waals surface area (Å²) in [6.45, 7) is 4.86. The largest absolute Gasteiger partial charge is 0.357 e. The second kappa shape index (κ2) is 5.12. The zero-order valence-electron chi connectivity index (χ0n) is 11.0. The molecule has 96 valence electrons. The molecule has 0 spiro atoms. The number of hydrogen-bond donors (Lipinski definition) is 3. The molecule has 3 N–H and O–H groups in total. The van der Waals surface area contributed by atoms with E-state index < -0.39 is 0 Å². The van der Waals surface area contributed by atoms with Crippen LogP contribution in [0.4, 0.5) is 4.79 Å². The van der Waals surface area contributed by atoms with E-state index in [4.69, 9.17) is 0 Å². The van der Waals surface area contributed by atoms with Gasteiger partial charge in [-0.15, -0.1) is 0 Å². The van der Waals surface area contributed by atoms with Crippen molar-refractivity contribution in [2.45, 2.75) is 26.3 Å². The molecule has 4 heteroatoms. The van der Waals surface area contributed by atoms with Crippen LogP contribution in [0.15, 0.2) is 24.3 Å². The highest BCUT2D eigenvalue weighted by atomic mass is 16.2. The molecule has 0 saturated carbocycles. The fraction of sp³-hybridized carbons (Fsp3) is 0.357. The number of amides is 2. The van der Waals surface area contributed by atoms with Crippen LogP contribution in [0.3, 0.4) is 0 Å². The molecule has 0 aliphatic heterocycles. The molecule has 0 saturated heterocycles. The van der Waals surface area contributed by atoms with Gasteiger partial charge >= 0.3 is 6.03 Å². The second-order valence-corrected chi connectivity index (χ2v) is 4.73. The van der Waals surface area contributed by atoms with Crippen molar-refractivity contribution in [3.8, 4) is 0 Å². The van der Waals surface area contributed by atoms with Gasteiger partial charge in [-0.05, 0) is 29.0 Å². The minimum atomic E-state index is -0.170. The lowest BCUT2D eigenvalue weighted by atomic mass is 10.0. The van der Waals surface area contributed by atoms with E-state index in [-0.39, 0.29) is 6.03 Å². The smallest absolute Gasteiger partial charge is 0.314 e. The van der Waals surface area contributed by atoms with Gasteiger partial charge in [0.15, 0.2) is 0 Å². The maximum atomic E-state index is 11.1. The molecule has 2 amide bonds. The standard InChI is InChI=1S/C14H19N3O/c1-9(2)10-4-5-11-6-12(17-13(11)7-10)8-16-14(18)15-3/h4-7,9,17H,8H2,1-3H3,(H2,15,16,18). The number of aromatic amines is 1. The van der Waals surface area contributed by atoms with Crippen molar-refractivity contribution in [2.24, 2.45) is 0 Å². The molecule has 0 bridgehead atoms. The molecule has 2 aromatic rings. The van der Waals surface area contributed by atoms with Crippen LogP contribution in [0, 0.1) is 0 Å². The van der Waals surface area contributed by atoms with Gasteiger partial charge in [0, 0.05) is 18.3 Å². The predicted octanol–water partition coefficient (Wildman–Crippen LogP) is 2.72. The van der Waals surface area contributed by atoms with Crippen molar-refractivity contribution in [1.29, 1.82) is 0 Å². The third-order valence-electron chi connectivity index (χ3n) is 3.04. The Morgan fingerprint density at radius 2 is 2.11 bits per heavy atom. The van der Waals surface area contributed by atoms with Crippen molar-refractivity contribution in [1.82, 2.24) is 15.6 Å². The molecular formula is C14H19N3O. The van der Waals surface area contributed by atoms with E-state index in [0.717, 1.165) is 11.2 Å². The molecule has 0 radical (unpaired) electrons. The number of nitrogens with one attached hydrogen (secondary N) is 3. The lowest BCUT2D eigenvalue weighted by molar-refractivity contribution is 0.242. The molecule has 0 aliphatic carbocycles. The van der Waals surface area contributed by atoms with Gasteiger partial charge in [0.25, 0.3) is 0 Å². The first-order valence-electron chi connectivity index (χ1n) is 6.17. The summed E-state index contributed by atoms with van der Waals surface area (Å²) < 4.78 is 0. The number of H-pyrrole nitrogens is 1. The number of rotatable bonds is 3. The molecular weight excluding hydrogens is 226 g/mol. The van der Waals surface area contributed by atoms with Crippen molar-refractivity contribution in [3.63, 3.8) is 0 Å². The van der Waals surface area contributed by atoms with Crippen LogP contribution in [-0.2, 0) is 6.54 Å². The van der Waals surface area contributed by atoms with E-state index >= 15 is 0 Å². The number of carbonyl (C=O) groups is 1. The number of aromatic nitrogens is 1. The maximum absolute atomic E-state index is 11.1. The molecule has 0 aliphatic rings. The van der Waals surface area contributed by atoms with Gasteiger partial charge in [0.2, 0.25) is 0 Å². The zero-order valence-corrected chi connectivity index (χ0v) is 11.0. The normalized spacial score (nSPS) is 10.9. The van der Waals surface area contributed by atoms with Crippen molar-refractivity contribution < 1.29 is 4.79 Å². The molecule has 0 unspecified atom stereocenters. The highest BCUT2D eigenvalue weighted by Crippen LogP contribution is 2.21. The molecule has 0 fully saturated rings. The van der Waals surface area contributed by atoms with E-state index in [1.54, 1.807) is 7.05 Å². The van der Waals surface area contributed by atoms with Crippen LogP contribution in [0.2, 0.25) is 0 Å². The average molecular weight is 245 g/mol. The van der Waals surface area contributed by atoms with Gasteiger partial charge in [0.1, 0.15) is 0 Å². The van der Waals surface area contributed by atoms with Crippen molar-refractivity contribution in [2.75, 3.05) is 7.05 Å². The summed E-state index contributed by atoms with van der Waals surface area (Å²) in [7, 11) is 1.61. The van der Waals surface area contributed by atoms with E-state index in [9.17, 15) is 4.79 Å². The minimum absolute atomic E-state index is 0.170. The Kier molecular flexibility index (Phi) is 3.55. The monoisotopic (exact) mass is 245 g/mol. The summed E-state index contributed by atoms with van der Waals surface area (Å²) >= 11 is 0. The average Bonchev–Trinajstić information content (AvgIpc) is 2.77. The van der Waals surface area contributed by atoms with E-state index in [1.165, 1.54) is 10.9 Å². The van der Waals surface area contributed by atoms with Crippen LogP contribution >= 0.6 is 0 Å². The lowest BCUT2D eigenvalue weighted by Gasteiger charge is -2.04. The molecule has 1 aromatic heterocycles. The van der Waals surface area contributed by atoms with Crippen molar-refractivity contribution >= 4 is 16.9 Å². The first kappa shape index (κ1) is 12.5. The van der Waals surface area contributed by atoms with Gasteiger partial charge < -0.3 is 15.6 Å². The van der Waals surface area contributed by atoms with Gasteiger partial charge in [0.05, 0.1) is 6.54 Å². The molecule has 18 heavy (non-hydrogen) atoms. The summed E-state index contributed by atoms with van der Waals surface area (Å²) in [4.78, 5) is 14.4. The van der Waals surface area contributed by atoms with E-state index in [2.05, 4.69) is 53.7 Å². The van der Waals surface area contributed by atoms with Gasteiger partial charge in [-0.25, -0.2) is 4.79 Å². The maximum Gasteiger partial charge on any atom is 0.314 e. The molecule has 1 heterocycles. The third-order valence-corrected chi connectivity index (χ3v) is 3.04. The third kappa shape index (κ3) is 2.64. The Hall–Kier alpha value is -1.97. The first-order valence-corrected chi connectivity index (χ1v) is 6.17. The van der Waals surface area contributed by atoms with Crippen LogP contribution in [0.1, 0.15) is 31.0 Å². The van der Waals surface area contributed by atoms with Gasteiger partial charge in [-0.3, -0.25) is 0 Å². The van der Waals surface area contributed by atoms with Crippen LogP contribution < -0.4 is 10.6 Å². The summed E-state index contributed by atoms with van der Waals surface area (Å²) in [5, 5.41) is 6.47. The van der Waals surface area contributed by atoms with Gasteiger partial charge in [-0.2, -0.15) is 0 Å².